The second-order valence-corrected chi connectivity index (χ2v) is 9.15. The number of aliphatic carboxylic acids is 2. The van der Waals surface area contributed by atoms with Crippen LogP contribution in [-0.4, -0.2) is 81.8 Å². The molecule has 9 nitrogen and oxygen atoms in total. The third-order valence-corrected chi connectivity index (χ3v) is 6.06. The number of aromatic nitrogens is 2. The Morgan fingerprint density at radius 2 is 1.55 bits per heavy atom. The van der Waals surface area contributed by atoms with E-state index in [0.29, 0.717) is 12.7 Å². The number of likely N-dealkylation sites (tertiary alicyclic amines) is 1. The Labute approximate surface area is 225 Å². The van der Waals surface area contributed by atoms with Crippen LogP contribution in [0.5, 0.6) is 0 Å². The summed E-state index contributed by atoms with van der Waals surface area (Å²) in [6.45, 7) is 5.30. The number of rotatable bonds is 6. The topological polar surface area (TPSA) is 122 Å². The van der Waals surface area contributed by atoms with Crippen LogP contribution in [0.4, 0.5) is 26.3 Å². The first-order valence-electron chi connectivity index (χ1n) is 12.0. The molecule has 2 aliphatic heterocycles. The molecule has 2 aromatic rings. The zero-order valence-electron chi connectivity index (χ0n) is 21.2. The predicted octanol–water partition coefficient (Wildman–Crippen LogP) is 4.33. The lowest BCUT2D eigenvalue weighted by molar-refractivity contribution is -0.193. The van der Waals surface area contributed by atoms with Gasteiger partial charge in [0.1, 0.15) is 0 Å². The smallest absolute Gasteiger partial charge is 0.475 e. The molecule has 2 unspecified atom stereocenters. The molecule has 0 spiro atoms. The molecule has 4 heterocycles. The van der Waals surface area contributed by atoms with Crippen molar-refractivity contribution in [2.45, 2.75) is 50.9 Å². The minimum atomic E-state index is -5.08. The van der Waals surface area contributed by atoms with E-state index >= 15 is 0 Å². The fourth-order valence-corrected chi connectivity index (χ4v) is 4.33. The van der Waals surface area contributed by atoms with Gasteiger partial charge in [-0.1, -0.05) is 12.1 Å². The number of carbonyl (C=O) groups is 2. The molecule has 2 N–H and O–H groups in total. The van der Waals surface area contributed by atoms with E-state index in [9.17, 15) is 26.3 Å². The van der Waals surface area contributed by atoms with Crippen LogP contribution in [0.15, 0.2) is 49.1 Å². The molecule has 0 radical (unpaired) electrons. The molecule has 2 aromatic heterocycles. The average molecular weight is 582 g/mol. The molecule has 0 aliphatic carbocycles. The fourth-order valence-electron chi connectivity index (χ4n) is 4.33. The second-order valence-electron chi connectivity index (χ2n) is 9.15. The summed E-state index contributed by atoms with van der Waals surface area (Å²) in [6, 6.07) is 8.19. The number of fused-ring (bicyclic) bond motifs is 1. The number of hydrogen-bond donors (Lipinski definition) is 2. The Kier molecular flexibility index (Phi) is 12.3. The Morgan fingerprint density at radius 3 is 2.05 bits per heavy atom. The molecule has 2 saturated heterocycles. The molecule has 0 saturated carbocycles. The van der Waals surface area contributed by atoms with Crippen molar-refractivity contribution in [1.29, 1.82) is 0 Å². The second kappa shape index (κ2) is 14.9. The lowest BCUT2D eigenvalue weighted by Crippen LogP contribution is -2.56. The van der Waals surface area contributed by atoms with Crippen molar-refractivity contribution in [2.24, 2.45) is 5.41 Å². The monoisotopic (exact) mass is 581 g/mol. The van der Waals surface area contributed by atoms with E-state index in [0.717, 1.165) is 51.3 Å². The summed E-state index contributed by atoms with van der Waals surface area (Å²) >= 11 is 0. The summed E-state index contributed by atoms with van der Waals surface area (Å²) in [4.78, 5) is 28.7. The van der Waals surface area contributed by atoms with Crippen LogP contribution in [0.1, 0.15) is 30.4 Å². The molecular formula is C25H29F6N3O6. The molecular weight excluding hydrogens is 552 g/mol. The van der Waals surface area contributed by atoms with Crippen LogP contribution in [0.2, 0.25) is 0 Å². The maximum atomic E-state index is 10.6. The van der Waals surface area contributed by atoms with Crippen LogP contribution >= 0.6 is 0 Å². The van der Waals surface area contributed by atoms with Gasteiger partial charge in [-0.05, 0) is 42.5 Å². The zero-order chi connectivity index (χ0) is 29.8. The van der Waals surface area contributed by atoms with E-state index in [4.69, 9.17) is 29.3 Å². The first-order valence-corrected chi connectivity index (χ1v) is 12.0. The van der Waals surface area contributed by atoms with Gasteiger partial charge in [-0.15, -0.1) is 0 Å². The lowest BCUT2D eigenvalue weighted by Gasteiger charge is -2.50. The predicted molar refractivity (Wildman–Crippen MR) is 127 cm³/mol. The van der Waals surface area contributed by atoms with Crippen LogP contribution in [-0.2, 0) is 32.2 Å². The molecule has 0 amide bonds. The zero-order valence-corrected chi connectivity index (χ0v) is 21.2. The van der Waals surface area contributed by atoms with E-state index in [-0.39, 0.29) is 5.41 Å². The molecule has 40 heavy (non-hydrogen) atoms. The van der Waals surface area contributed by atoms with Gasteiger partial charge < -0.3 is 19.7 Å². The maximum absolute atomic E-state index is 10.6. The van der Waals surface area contributed by atoms with Crippen LogP contribution in [0, 0.1) is 5.41 Å². The summed E-state index contributed by atoms with van der Waals surface area (Å²) in [5.41, 5.74) is 2.50. The minimum absolute atomic E-state index is 0.0981. The summed E-state index contributed by atoms with van der Waals surface area (Å²) in [7, 11) is 0. The molecule has 2 fully saturated rings. The van der Waals surface area contributed by atoms with Gasteiger partial charge in [0.15, 0.2) is 0 Å². The summed E-state index contributed by atoms with van der Waals surface area (Å²) in [5, 5.41) is 14.2. The Balaban J connectivity index is 0.000000333. The molecule has 2 atom stereocenters. The highest BCUT2D eigenvalue weighted by molar-refractivity contribution is 5.73. The molecule has 15 heteroatoms. The summed E-state index contributed by atoms with van der Waals surface area (Å²) in [6.07, 6.45) is 0.994. The third kappa shape index (κ3) is 11.1. The Bertz CT molecular complexity index is 1030. The van der Waals surface area contributed by atoms with Gasteiger partial charge in [0, 0.05) is 56.4 Å². The normalized spacial score (nSPS) is 21.1. The number of alkyl halides is 6. The van der Waals surface area contributed by atoms with Crippen LogP contribution in [0.25, 0.3) is 0 Å². The van der Waals surface area contributed by atoms with Gasteiger partial charge in [-0.3, -0.25) is 14.9 Å². The number of carboxylic acids is 2. The van der Waals surface area contributed by atoms with Crippen molar-refractivity contribution >= 4 is 11.9 Å². The number of nitrogens with zero attached hydrogens (tertiary/aromatic N) is 3. The van der Waals surface area contributed by atoms with E-state index < -0.39 is 24.3 Å². The van der Waals surface area contributed by atoms with E-state index in [1.165, 1.54) is 12.0 Å². The standard InChI is InChI=1S/C21H27N3O2.2C2HF3O2/c1-4-18(12-22-8-1)14-24-10-6-20-21(16-24,7-3-11-26-20)17-25-15-19-5-2-9-23-13-19;2*3-2(4,5)1(6)7/h1-2,4-5,8-9,12-13,20H,3,6-7,10-11,14-17H2;2*(H,6,7). The highest BCUT2D eigenvalue weighted by Gasteiger charge is 2.46. The fraction of sp³-hybridized carbons (Fsp3) is 0.520. The SMILES string of the molecule is O=C(O)C(F)(F)F.O=C(O)C(F)(F)F.c1cncc(COCC23CCCOC2CCN(Cc2cccnc2)C3)c1. The van der Waals surface area contributed by atoms with Crippen molar-refractivity contribution in [3.63, 3.8) is 0 Å². The largest absolute Gasteiger partial charge is 0.490 e. The van der Waals surface area contributed by atoms with Gasteiger partial charge in [-0.2, -0.15) is 26.3 Å². The Morgan fingerprint density at radius 1 is 1.00 bits per heavy atom. The van der Waals surface area contributed by atoms with E-state index in [1.807, 2.05) is 30.7 Å². The highest BCUT2D eigenvalue weighted by Crippen LogP contribution is 2.41. The van der Waals surface area contributed by atoms with Gasteiger partial charge >= 0.3 is 24.3 Å². The maximum Gasteiger partial charge on any atom is 0.490 e. The third-order valence-electron chi connectivity index (χ3n) is 6.06. The van der Waals surface area contributed by atoms with Crippen molar-refractivity contribution in [3.05, 3.63) is 60.2 Å². The van der Waals surface area contributed by atoms with E-state index in [2.05, 4.69) is 27.0 Å². The van der Waals surface area contributed by atoms with Crippen molar-refractivity contribution in [1.82, 2.24) is 14.9 Å². The molecule has 2 aliphatic rings. The molecule has 222 valence electrons. The first-order chi connectivity index (χ1) is 18.7. The number of ether oxygens (including phenoxy) is 2. The van der Waals surface area contributed by atoms with Crippen molar-refractivity contribution in [2.75, 3.05) is 26.3 Å². The minimum Gasteiger partial charge on any atom is -0.475 e. The number of pyridine rings is 2. The van der Waals surface area contributed by atoms with Crippen LogP contribution < -0.4 is 0 Å². The lowest BCUT2D eigenvalue weighted by atomic mass is 9.73. The number of hydrogen-bond acceptors (Lipinski definition) is 7. The van der Waals surface area contributed by atoms with Gasteiger partial charge in [-0.25, -0.2) is 9.59 Å². The van der Waals surface area contributed by atoms with Crippen molar-refractivity contribution in [3.8, 4) is 0 Å². The van der Waals surface area contributed by atoms with Crippen LogP contribution in [0.3, 0.4) is 0 Å². The van der Waals surface area contributed by atoms with Gasteiger partial charge in [0.05, 0.1) is 19.3 Å². The van der Waals surface area contributed by atoms with Gasteiger partial charge in [0.25, 0.3) is 0 Å². The first kappa shape index (κ1) is 32.9. The number of piperidine rings is 1. The summed E-state index contributed by atoms with van der Waals surface area (Å²) < 4.78 is 75.8. The Hall–Kier alpha value is -3.30. The van der Waals surface area contributed by atoms with E-state index in [1.54, 1.807) is 6.20 Å². The average Bonchev–Trinajstić information content (AvgIpc) is 2.89. The highest BCUT2D eigenvalue weighted by atomic mass is 19.4. The van der Waals surface area contributed by atoms with Gasteiger partial charge in [0.2, 0.25) is 0 Å². The molecule has 0 bridgehead atoms. The number of halogens is 6. The molecule has 0 aromatic carbocycles. The van der Waals surface area contributed by atoms with Crippen molar-refractivity contribution < 1.29 is 55.6 Å². The summed E-state index contributed by atoms with van der Waals surface area (Å²) in [5.74, 6) is -5.51. The molecule has 4 rings (SSSR count). The quantitative estimate of drug-likeness (QED) is 0.480. The number of carboxylic acid groups (broad SMARTS) is 2.